The molecule has 0 aliphatic heterocycles. The first-order valence-corrected chi connectivity index (χ1v) is 7.06. The van der Waals surface area contributed by atoms with Crippen molar-refractivity contribution >= 4 is 46.3 Å². The van der Waals surface area contributed by atoms with Gasteiger partial charge in [0.15, 0.2) is 0 Å². The van der Waals surface area contributed by atoms with E-state index in [1.165, 1.54) is 26.4 Å². The number of carbonyl (C=O) groups excluding carboxylic acids is 1. The van der Waals surface area contributed by atoms with Crippen molar-refractivity contribution in [3.63, 3.8) is 0 Å². The number of nitrogens with two attached hydrogens (primary N) is 1. The third-order valence-electron chi connectivity index (χ3n) is 2.69. The molecule has 2 amide bonds. The number of aromatic nitrogens is 2. The Hall–Kier alpha value is -2.47. The Kier molecular flexibility index (Phi) is 6.64. The summed E-state index contributed by atoms with van der Waals surface area (Å²) in [6.45, 7) is 0. The number of alkyl halides is 3. The van der Waals surface area contributed by atoms with E-state index in [1.807, 2.05) is 0 Å². The first-order chi connectivity index (χ1) is 11.2. The van der Waals surface area contributed by atoms with Crippen LogP contribution in [0.5, 0.6) is 11.5 Å². The van der Waals surface area contributed by atoms with Gasteiger partial charge in [-0.3, -0.25) is 5.32 Å². The van der Waals surface area contributed by atoms with Gasteiger partial charge in [0.2, 0.25) is 10.1 Å². The number of benzene rings is 1. The van der Waals surface area contributed by atoms with Crippen LogP contribution in [-0.2, 0) is 6.18 Å². The van der Waals surface area contributed by atoms with Crippen LogP contribution >= 0.6 is 23.7 Å². The zero-order valence-electron chi connectivity index (χ0n) is 12.8. The maximum Gasteiger partial charge on any atom is 0.445 e. The average Bonchev–Trinajstić information content (AvgIpc) is 2.96. The van der Waals surface area contributed by atoms with Crippen LogP contribution in [0.1, 0.15) is 5.01 Å². The Labute approximate surface area is 149 Å². The predicted octanol–water partition coefficient (Wildman–Crippen LogP) is 3.22. The van der Waals surface area contributed by atoms with Crippen molar-refractivity contribution in [1.82, 2.24) is 10.2 Å². The number of nitrogens with one attached hydrogen (secondary N) is 2. The van der Waals surface area contributed by atoms with Crippen LogP contribution in [0.4, 0.5) is 34.5 Å². The number of ether oxygens (including phenoxy) is 2. The number of anilines is 3. The second-order valence-corrected chi connectivity index (χ2v) is 5.26. The topological polar surface area (TPSA) is 111 Å². The van der Waals surface area contributed by atoms with Crippen molar-refractivity contribution in [2.75, 3.05) is 30.6 Å². The standard InChI is InChI=1S/C12H12F3N5O3S.ClH/c1-22-7-4-8(23-2)6(3-5(7)16)17-10(21)18-11-20-19-9(24-11)12(13,14)15;/h3-4H,16H2,1-2H3,(H2,17,18,20,21);1H. The fourth-order valence-corrected chi connectivity index (χ4v) is 2.27. The molecule has 0 aliphatic rings. The van der Waals surface area contributed by atoms with Gasteiger partial charge in [-0.25, -0.2) is 4.79 Å². The maximum atomic E-state index is 12.4. The van der Waals surface area contributed by atoms with Gasteiger partial charge < -0.3 is 20.5 Å². The van der Waals surface area contributed by atoms with Gasteiger partial charge in [0, 0.05) is 6.07 Å². The molecule has 1 aromatic heterocycles. The molecule has 4 N–H and O–H groups in total. The number of nitrogen functional groups attached to an aromatic ring is 1. The van der Waals surface area contributed by atoms with Gasteiger partial charge in [0.25, 0.3) is 0 Å². The van der Waals surface area contributed by atoms with Crippen LogP contribution in [-0.4, -0.2) is 30.4 Å². The third-order valence-corrected chi connectivity index (χ3v) is 3.57. The molecule has 0 spiro atoms. The summed E-state index contributed by atoms with van der Waals surface area (Å²) in [6, 6.07) is 2.01. The molecule has 2 rings (SSSR count). The first kappa shape index (κ1) is 20.6. The third kappa shape index (κ3) is 5.00. The van der Waals surface area contributed by atoms with Crippen LogP contribution in [0.2, 0.25) is 0 Å². The number of hydrogen-bond donors (Lipinski definition) is 3. The molecular formula is C12H13ClF3N5O3S. The van der Waals surface area contributed by atoms with Crippen LogP contribution in [0.25, 0.3) is 0 Å². The molecule has 1 heterocycles. The molecule has 0 saturated heterocycles. The van der Waals surface area contributed by atoms with E-state index in [4.69, 9.17) is 15.2 Å². The maximum absolute atomic E-state index is 12.4. The van der Waals surface area contributed by atoms with E-state index in [9.17, 15) is 18.0 Å². The number of amides is 2. The van der Waals surface area contributed by atoms with Gasteiger partial charge in [-0.2, -0.15) is 13.2 Å². The van der Waals surface area contributed by atoms with Crippen molar-refractivity contribution < 1.29 is 27.4 Å². The van der Waals surface area contributed by atoms with E-state index >= 15 is 0 Å². The Morgan fingerprint density at radius 3 is 2.32 bits per heavy atom. The van der Waals surface area contributed by atoms with E-state index < -0.39 is 17.2 Å². The minimum Gasteiger partial charge on any atom is -0.494 e. The monoisotopic (exact) mass is 399 g/mol. The SMILES string of the molecule is COc1cc(OC)c(NC(=O)Nc2nnc(C(F)(F)F)s2)cc1N.Cl. The van der Waals surface area contributed by atoms with E-state index in [0.717, 1.165) is 0 Å². The highest BCUT2D eigenvalue weighted by Gasteiger charge is 2.35. The lowest BCUT2D eigenvalue weighted by molar-refractivity contribution is -0.138. The normalized spacial score (nSPS) is 10.6. The molecule has 0 aliphatic carbocycles. The summed E-state index contributed by atoms with van der Waals surface area (Å²) in [5, 5.41) is 9.29. The van der Waals surface area contributed by atoms with Crippen molar-refractivity contribution in [1.29, 1.82) is 0 Å². The lowest BCUT2D eigenvalue weighted by atomic mass is 10.2. The summed E-state index contributed by atoms with van der Waals surface area (Å²) < 4.78 is 47.4. The fourth-order valence-electron chi connectivity index (χ4n) is 1.66. The minimum atomic E-state index is -4.62. The smallest absolute Gasteiger partial charge is 0.445 e. The molecular weight excluding hydrogens is 387 g/mol. The highest BCUT2D eigenvalue weighted by Crippen LogP contribution is 2.35. The van der Waals surface area contributed by atoms with Gasteiger partial charge in [-0.05, 0) is 6.07 Å². The van der Waals surface area contributed by atoms with E-state index in [0.29, 0.717) is 5.75 Å². The van der Waals surface area contributed by atoms with E-state index in [1.54, 1.807) is 0 Å². The molecule has 1 aromatic carbocycles. The molecule has 0 fully saturated rings. The summed E-state index contributed by atoms with van der Waals surface area (Å²) in [5.41, 5.74) is 6.18. The molecule has 138 valence electrons. The van der Waals surface area contributed by atoms with E-state index in [-0.39, 0.29) is 46.0 Å². The first-order valence-electron chi connectivity index (χ1n) is 6.24. The molecule has 8 nitrogen and oxygen atoms in total. The lowest BCUT2D eigenvalue weighted by Gasteiger charge is -2.13. The minimum absolute atomic E-state index is 0. The zero-order chi connectivity index (χ0) is 17.9. The molecule has 0 atom stereocenters. The predicted molar refractivity (Wildman–Crippen MR) is 88.8 cm³/mol. The summed E-state index contributed by atoms with van der Waals surface area (Å²) in [5.74, 6) is 0.598. The largest absolute Gasteiger partial charge is 0.494 e. The number of carbonyl (C=O) groups is 1. The summed E-state index contributed by atoms with van der Waals surface area (Å²) in [7, 11) is 2.78. The van der Waals surface area contributed by atoms with Crippen molar-refractivity contribution in [2.45, 2.75) is 6.18 Å². The number of rotatable bonds is 4. The second-order valence-electron chi connectivity index (χ2n) is 4.28. The average molecular weight is 400 g/mol. The molecule has 0 radical (unpaired) electrons. The Balaban J connectivity index is 0.00000312. The summed E-state index contributed by atoms with van der Waals surface area (Å²) in [6.07, 6.45) is -4.62. The fraction of sp³-hybridized carbons (Fsp3) is 0.250. The Morgan fingerprint density at radius 1 is 1.16 bits per heavy atom. The number of hydrogen-bond acceptors (Lipinski definition) is 7. The molecule has 13 heteroatoms. The molecule has 0 saturated carbocycles. The molecule has 2 aromatic rings. The number of methoxy groups -OCH3 is 2. The molecule has 25 heavy (non-hydrogen) atoms. The Morgan fingerprint density at radius 2 is 1.80 bits per heavy atom. The van der Waals surface area contributed by atoms with Gasteiger partial charge >= 0.3 is 12.2 Å². The Bertz CT molecular complexity index is 756. The van der Waals surface area contributed by atoms with Crippen LogP contribution in [0.3, 0.4) is 0 Å². The lowest BCUT2D eigenvalue weighted by Crippen LogP contribution is -2.20. The van der Waals surface area contributed by atoms with Crippen LogP contribution in [0, 0.1) is 0 Å². The van der Waals surface area contributed by atoms with Crippen LogP contribution < -0.4 is 25.8 Å². The van der Waals surface area contributed by atoms with Gasteiger partial charge in [-0.15, -0.1) is 22.6 Å². The zero-order valence-corrected chi connectivity index (χ0v) is 14.4. The second kappa shape index (κ2) is 8.07. The molecule has 0 bridgehead atoms. The van der Waals surface area contributed by atoms with Gasteiger partial charge in [-0.1, -0.05) is 11.3 Å². The van der Waals surface area contributed by atoms with E-state index in [2.05, 4.69) is 20.8 Å². The number of halogens is 4. The van der Waals surface area contributed by atoms with Crippen molar-refractivity contribution in [3.8, 4) is 11.5 Å². The van der Waals surface area contributed by atoms with Crippen molar-refractivity contribution in [3.05, 3.63) is 17.1 Å². The van der Waals surface area contributed by atoms with Crippen molar-refractivity contribution in [2.24, 2.45) is 0 Å². The van der Waals surface area contributed by atoms with Gasteiger partial charge in [0.1, 0.15) is 11.5 Å². The highest BCUT2D eigenvalue weighted by atomic mass is 35.5. The molecule has 0 unspecified atom stereocenters. The summed E-state index contributed by atoms with van der Waals surface area (Å²) >= 11 is 0.203. The van der Waals surface area contributed by atoms with Gasteiger partial charge in [0.05, 0.1) is 25.6 Å². The number of urea groups is 1. The number of nitrogens with zero attached hydrogens (tertiary/aromatic N) is 2. The summed E-state index contributed by atoms with van der Waals surface area (Å²) in [4.78, 5) is 11.9. The highest BCUT2D eigenvalue weighted by molar-refractivity contribution is 7.15. The quantitative estimate of drug-likeness (QED) is 0.680. The van der Waals surface area contributed by atoms with Crippen LogP contribution in [0.15, 0.2) is 12.1 Å².